The molecule has 6 heteroatoms. The average molecular weight is 627 g/mol. The van der Waals surface area contributed by atoms with Crippen LogP contribution in [0.4, 0.5) is 0 Å². The van der Waals surface area contributed by atoms with E-state index in [-0.39, 0.29) is 31.8 Å². The van der Waals surface area contributed by atoms with E-state index in [2.05, 4.69) is 86.0 Å². The fourth-order valence-corrected chi connectivity index (χ4v) is 6.37. The lowest BCUT2D eigenvalue weighted by atomic mass is 9.69. The molecule has 0 unspecified atom stereocenters. The Hall–Kier alpha value is -5.36. The molecule has 0 saturated heterocycles. The smallest absolute Gasteiger partial charge is 0.333 e. The van der Waals surface area contributed by atoms with Gasteiger partial charge in [-0.1, -0.05) is 73.8 Å². The summed E-state index contributed by atoms with van der Waals surface area (Å²) >= 11 is 0. The minimum atomic E-state index is -0.414. The first-order chi connectivity index (χ1) is 22.7. The molecule has 6 nitrogen and oxygen atoms in total. The second kappa shape index (κ2) is 13.6. The van der Waals surface area contributed by atoms with Gasteiger partial charge in [0.15, 0.2) is 0 Å². The standard InChI is InChI=1S/C41H38O6/c1-27(2)39(42)46-21-19-44-36-15-11-30-23-34(13-9-32(30)25-36)41(18-17-29-7-5-6-8-38(29)41)35-14-10-33-26-37(16-12-31(33)24-35)45-20-22-47-40(43)28(3)4/h5-16,23-26H,1,3,17-22H2,2,4H3. The van der Waals surface area contributed by atoms with Crippen molar-refractivity contribution in [3.63, 3.8) is 0 Å². The Morgan fingerprint density at radius 2 is 1.09 bits per heavy atom. The van der Waals surface area contributed by atoms with Gasteiger partial charge in [0, 0.05) is 16.6 Å². The van der Waals surface area contributed by atoms with Crippen LogP contribution >= 0.6 is 0 Å². The van der Waals surface area contributed by atoms with Crippen LogP contribution in [0.5, 0.6) is 11.5 Å². The number of rotatable bonds is 12. The van der Waals surface area contributed by atoms with Crippen LogP contribution in [0, 0.1) is 0 Å². The molecule has 0 heterocycles. The fraction of sp³-hybridized carbons (Fsp3) is 0.220. The average Bonchev–Trinajstić information content (AvgIpc) is 3.48. The first kappa shape index (κ1) is 31.6. The first-order valence-electron chi connectivity index (χ1n) is 15.8. The third kappa shape index (κ3) is 6.63. The minimum Gasteiger partial charge on any atom is -0.490 e. The van der Waals surface area contributed by atoms with Crippen molar-refractivity contribution < 1.29 is 28.5 Å². The van der Waals surface area contributed by atoms with E-state index in [1.54, 1.807) is 13.8 Å². The molecule has 238 valence electrons. The highest BCUT2D eigenvalue weighted by atomic mass is 16.6. The van der Waals surface area contributed by atoms with Crippen molar-refractivity contribution in [3.8, 4) is 11.5 Å². The highest BCUT2D eigenvalue weighted by Crippen LogP contribution is 2.50. The Labute approximate surface area is 275 Å². The summed E-state index contributed by atoms with van der Waals surface area (Å²) in [5, 5.41) is 4.41. The van der Waals surface area contributed by atoms with Crippen molar-refractivity contribution >= 4 is 33.5 Å². The molecule has 0 spiro atoms. The number of carbonyl (C=O) groups excluding carboxylic acids is 2. The Kier molecular flexibility index (Phi) is 9.12. The topological polar surface area (TPSA) is 71.1 Å². The molecule has 6 rings (SSSR count). The van der Waals surface area contributed by atoms with Crippen LogP contribution in [-0.2, 0) is 30.9 Å². The van der Waals surface area contributed by atoms with Gasteiger partial charge in [0.2, 0.25) is 0 Å². The van der Waals surface area contributed by atoms with Gasteiger partial charge in [-0.15, -0.1) is 0 Å². The molecule has 0 N–H and O–H groups in total. The highest BCUT2D eigenvalue weighted by Gasteiger charge is 2.41. The second-order valence-electron chi connectivity index (χ2n) is 12.0. The Morgan fingerprint density at radius 1 is 0.617 bits per heavy atom. The molecule has 0 aromatic heterocycles. The molecule has 0 amide bonds. The van der Waals surface area contributed by atoms with Crippen LogP contribution < -0.4 is 9.47 Å². The normalized spacial score (nSPS) is 13.1. The predicted octanol–water partition coefficient (Wildman–Crippen LogP) is 8.27. The van der Waals surface area contributed by atoms with Gasteiger partial charge in [0.05, 0.1) is 0 Å². The third-order valence-electron chi connectivity index (χ3n) is 8.72. The lowest BCUT2D eigenvalue weighted by molar-refractivity contribution is -0.140. The summed E-state index contributed by atoms with van der Waals surface area (Å²) in [5.74, 6) is 0.623. The van der Waals surface area contributed by atoms with Crippen LogP contribution in [-0.4, -0.2) is 38.4 Å². The summed E-state index contributed by atoms with van der Waals surface area (Å²) in [7, 11) is 0. The zero-order valence-electron chi connectivity index (χ0n) is 26.8. The van der Waals surface area contributed by atoms with Gasteiger partial charge in [0.1, 0.15) is 37.9 Å². The molecule has 0 fully saturated rings. The third-order valence-corrected chi connectivity index (χ3v) is 8.72. The van der Waals surface area contributed by atoms with E-state index in [0.29, 0.717) is 11.1 Å². The van der Waals surface area contributed by atoms with E-state index in [9.17, 15) is 9.59 Å². The van der Waals surface area contributed by atoms with Gasteiger partial charge in [-0.05, 0) is 107 Å². The van der Waals surface area contributed by atoms with Gasteiger partial charge in [-0.25, -0.2) is 9.59 Å². The summed E-state index contributed by atoms with van der Waals surface area (Å²) < 4.78 is 22.0. The Bertz CT molecular complexity index is 1890. The van der Waals surface area contributed by atoms with Crippen LogP contribution in [0.25, 0.3) is 21.5 Å². The molecule has 0 bridgehead atoms. The maximum absolute atomic E-state index is 11.6. The van der Waals surface area contributed by atoms with Gasteiger partial charge in [0.25, 0.3) is 0 Å². The molecule has 0 saturated carbocycles. The largest absolute Gasteiger partial charge is 0.490 e. The monoisotopic (exact) mass is 626 g/mol. The highest BCUT2D eigenvalue weighted by molar-refractivity contribution is 5.88. The summed E-state index contributed by atoms with van der Waals surface area (Å²) in [5.41, 5.74) is 5.65. The second-order valence-corrected chi connectivity index (χ2v) is 12.0. The molecule has 0 aliphatic heterocycles. The van der Waals surface area contributed by atoms with Gasteiger partial charge in [-0.2, -0.15) is 0 Å². The molecule has 5 aromatic rings. The van der Waals surface area contributed by atoms with Crippen molar-refractivity contribution in [2.75, 3.05) is 26.4 Å². The maximum Gasteiger partial charge on any atom is 0.333 e. The van der Waals surface area contributed by atoms with Crippen molar-refractivity contribution in [3.05, 3.63) is 144 Å². The number of hydrogen-bond donors (Lipinski definition) is 0. The van der Waals surface area contributed by atoms with Gasteiger partial charge in [-0.3, -0.25) is 0 Å². The lowest BCUT2D eigenvalue weighted by Gasteiger charge is -2.33. The van der Waals surface area contributed by atoms with E-state index >= 15 is 0 Å². The van der Waals surface area contributed by atoms with Crippen molar-refractivity contribution in [1.29, 1.82) is 0 Å². The number of aryl methyl sites for hydroxylation is 1. The van der Waals surface area contributed by atoms with Crippen LogP contribution in [0.15, 0.2) is 121 Å². The Balaban J connectivity index is 1.27. The zero-order valence-corrected chi connectivity index (χ0v) is 26.8. The molecule has 5 aromatic carbocycles. The molecule has 1 aliphatic rings. The number of benzene rings is 5. The van der Waals surface area contributed by atoms with Gasteiger partial charge < -0.3 is 18.9 Å². The number of fused-ring (bicyclic) bond motifs is 3. The van der Waals surface area contributed by atoms with Crippen LogP contribution in [0.2, 0.25) is 0 Å². The summed E-state index contributed by atoms with van der Waals surface area (Å²) in [6, 6.07) is 34.3. The van der Waals surface area contributed by atoms with Gasteiger partial charge >= 0.3 is 11.9 Å². The molecular formula is C41H38O6. The van der Waals surface area contributed by atoms with E-state index in [1.807, 2.05) is 24.3 Å². The summed E-state index contributed by atoms with van der Waals surface area (Å²) in [4.78, 5) is 23.3. The molecule has 0 atom stereocenters. The predicted molar refractivity (Wildman–Crippen MR) is 185 cm³/mol. The molecule has 47 heavy (non-hydrogen) atoms. The number of carbonyl (C=O) groups is 2. The van der Waals surface area contributed by atoms with Crippen molar-refractivity contribution in [2.24, 2.45) is 0 Å². The number of hydrogen-bond acceptors (Lipinski definition) is 6. The van der Waals surface area contributed by atoms with E-state index < -0.39 is 11.9 Å². The fourth-order valence-electron chi connectivity index (χ4n) is 6.37. The minimum absolute atomic E-state index is 0.164. The molecule has 1 aliphatic carbocycles. The zero-order chi connectivity index (χ0) is 33.0. The summed E-state index contributed by atoms with van der Waals surface area (Å²) in [6.07, 6.45) is 1.97. The SMILES string of the molecule is C=C(C)C(=O)OCCOc1ccc2cc(C3(c4ccc5cc(OCCOC(=O)C(=C)C)ccc5c4)CCc4ccccc43)ccc2c1. The number of ether oxygens (including phenoxy) is 4. The maximum atomic E-state index is 11.6. The quantitative estimate of drug-likeness (QED) is 0.0789. The number of esters is 2. The van der Waals surface area contributed by atoms with Crippen LogP contribution in [0.3, 0.4) is 0 Å². The van der Waals surface area contributed by atoms with E-state index in [1.165, 1.54) is 22.3 Å². The molecular weight excluding hydrogens is 588 g/mol. The molecule has 0 radical (unpaired) electrons. The first-order valence-corrected chi connectivity index (χ1v) is 15.8. The Morgan fingerprint density at radius 3 is 1.60 bits per heavy atom. The van der Waals surface area contributed by atoms with E-state index in [0.717, 1.165) is 45.9 Å². The summed E-state index contributed by atoms with van der Waals surface area (Å²) in [6.45, 7) is 11.3. The van der Waals surface area contributed by atoms with Crippen LogP contribution in [0.1, 0.15) is 42.5 Å². The van der Waals surface area contributed by atoms with Crippen molar-refractivity contribution in [1.82, 2.24) is 0 Å². The van der Waals surface area contributed by atoms with E-state index in [4.69, 9.17) is 18.9 Å². The van der Waals surface area contributed by atoms with Crippen molar-refractivity contribution in [2.45, 2.75) is 32.1 Å². The lowest BCUT2D eigenvalue weighted by Crippen LogP contribution is -2.26.